The first-order chi connectivity index (χ1) is 9.81. The van der Waals surface area contributed by atoms with Gasteiger partial charge in [-0.25, -0.2) is 8.42 Å². The summed E-state index contributed by atoms with van der Waals surface area (Å²) in [5.41, 5.74) is 8.42. The van der Waals surface area contributed by atoms with Crippen LogP contribution in [-0.2, 0) is 10.0 Å². The van der Waals surface area contributed by atoms with Gasteiger partial charge in [0.05, 0.1) is 10.6 Å². The van der Waals surface area contributed by atoms with Gasteiger partial charge < -0.3 is 5.73 Å². The first-order valence-electron chi connectivity index (χ1n) is 6.30. The fourth-order valence-corrected chi connectivity index (χ4v) is 3.42. The third kappa shape index (κ3) is 3.40. The lowest BCUT2D eigenvalue weighted by atomic mass is 10.1. The molecule has 110 valence electrons. The summed E-state index contributed by atoms with van der Waals surface area (Å²) in [6.45, 7) is 3.63. The predicted molar refractivity (Wildman–Crippen MR) is 89.1 cm³/mol. The van der Waals surface area contributed by atoms with Crippen LogP contribution in [0.2, 0.25) is 0 Å². The molecule has 0 radical (unpaired) electrons. The molecule has 6 heteroatoms. The maximum atomic E-state index is 12.4. The highest BCUT2D eigenvalue weighted by Crippen LogP contribution is 2.21. The molecule has 0 aliphatic rings. The normalized spacial score (nSPS) is 11.1. The van der Waals surface area contributed by atoms with Crippen molar-refractivity contribution in [1.82, 2.24) is 0 Å². The third-order valence-electron chi connectivity index (χ3n) is 3.16. The van der Waals surface area contributed by atoms with E-state index in [4.69, 9.17) is 18.0 Å². The summed E-state index contributed by atoms with van der Waals surface area (Å²) in [5, 5.41) is 0. The highest BCUT2D eigenvalue weighted by Gasteiger charge is 2.16. The Balaban J connectivity index is 2.39. The summed E-state index contributed by atoms with van der Waals surface area (Å²) in [4.78, 5) is 0.437. The lowest BCUT2D eigenvalue weighted by molar-refractivity contribution is 0.601. The molecule has 0 saturated carbocycles. The van der Waals surface area contributed by atoms with Crippen molar-refractivity contribution in [2.24, 2.45) is 5.73 Å². The second-order valence-corrected chi connectivity index (χ2v) is 6.88. The Morgan fingerprint density at radius 3 is 2.33 bits per heavy atom. The summed E-state index contributed by atoms with van der Waals surface area (Å²) < 4.78 is 27.4. The van der Waals surface area contributed by atoms with Crippen LogP contribution in [0.25, 0.3) is 0 Å². The maximum absolute atomic E-state index is 12.4. The zero-order chi connectivity index (χ0) is 15.6. The van der Waals surface area contributed by atoms with Crippen LogP contribution in [0, 0.1) is 13.8 Å². The molecule has 0 fully saturated rings. The van der Waals surface area contributed by atoms with Gasteiger partial charge in [-0.1, -0.05) is 36.5 Å². The van der Waals surface area contributed by atoms with Gasteiger partial charge in [0.25, 0.3) is 10.0 Å². The lowest BCUT2D eigenvalue weighted by Gasteiger charge is -2.12. The fourth-order valence-electron chi connectivity index (χ4n) is 1.97. The Bertz CT molecular complexity index is 799. The van der Waals surface area contributed by atoms with Crippen molar-refractivity contribution < 1.29 is 8.42 Å². The van der Waals surface area contributed by atoms with E-state index in [0.717, 1.165) is 11.1 Å². The van der Waals surface area contributed by atoms with Crippen LogP contribution in [0.15, 0.2) is 47.4 Å². The van der Waals surface area contributed by atoms with Gasteiger partial charge in [0.15, 0.2) is 0 Å². The number of nitrogens with two attached hydrogens (primary N) is 1. The molecule has 0 saturated heterocycles. The number of thiocarbonyl (C=S) groups is 1. The first-order valence-corrected chi connectivity index (χ1v) is 8.19. The Morgan fingerprint density at radius 2 is 1.76 bits per heavy atom. The smallest absolute Gasteiger partial charge is 0.261 e. The average Bonchev–Trinajstić information content (AvgIpc) is 2.40. The molecule has 21 heavy (non-hydrogen) atoms. The number of sulfonamides is 1. The number of hydrogen-bond donors (Lipinski definition) is 2. The van der Waals surface area contributed by atoms with Gasteiger partial charge in [0, 0.05) is 5.56 Å². The minimum atomic E-state index is -3.63. The molecule has 0 heterocycles. The van der Waals surface area contributed by atoms with Crippen LogP contribution in [0.3, 0.4) is 0 Å². The van der Waals surface area contributed by atoms with Crippen LogP contribution in [0.1, 0.15) is 16.7 Å². The number of para-hydroxylation sites is 1. The topological polar surface area (TPSA) is 72.2 Å². The third-order valence-corrected chi connectivity index (χ3v) is 4.75. The molecule has 4 nitrogen and oxygen atoms in total. The highest BCUT2D eigenvalue weighted by atomic mass is 32.2. The molecule has 0 atom stereocenters. The summed E-state index contributed by atoms with van der Waals surface area (Å²) >= 11 is 4.92. The standard InChI is InChI=1S/C15H16N2O2S2/c1-10-5-3-4-6-14(10)17-21(18,19)12-7-8-13(15(16)20)11(2)9-12/h3-9,17H,1-2H3,(H2,16,20). The van der Waals surface area contributed by atoms with Crippen LogP contribution < -0.4 is 10.5 Å². The van der Waals surface area contributed by atoms with Crippen LogP contribution in [-0.4, -0.2) is 13.4 Å². The molecule has 0 aliphatic heterocycles. The zero-order valence-corrected chi connectivity index (χ0v) is 13.4. The number of nitrogens with one attached hydrogen (secondary N) is 1. The molecule has 3 N–H and O–H groups in total. The molecule has 2 aromatic carbocycles. The quantitative estimate of drug-likeness (QED) is 0.850. The first kappa shape index (κ1) is 15.5. The summed E-state index contributed by atoms with van der Waals surface area (Å²) in [6, 6.07) is 11.9. The number of benzene rings is 2. The predicted octanol–water partition coefficient (Wildman–Crippen LogP) is 2.74. The molecule has 0 spiro atoms. The minimum Gasteiger partial charge on any atom is -0.389 e. The molecule has 0 aliphatic carbocycles. The van der Waals surface area contributed by atoms with E-state index in [9.17, 15) is 8.42 Å². The zero-order valence-electron chi connectivity index (χ0n) is 11.8. The maximum Gasteiger partial charge on any atom is 0.261 e. The number of anilines is 1. The number of rotatable bonds is 4. The Hall–Kier alpha value is -1.92. The van der Waals surface area contributed by atoms with Crippen molar-refractivity contribution in [2.75, 3.05) is 4.72 Å². The van der Waals surface area contributed by atoms with Crippen LogP contribution >= 0.6 is 12.2 Å². The molecule has 0 unspecified atom stereocenters. The van der Waals surface area contributed by atoms with E-state index >= 15 is 0 Å². The van der Waals surface area contributed by atoms with Gasteiger partial charge in [-0.3, -0.25) is 4.72 Å². The average molecular weight is 320 g/mol. The SMILES string of the molecule is Cc1ccccc1NS(=O)(=O)c1ccc(C(N)=S)c(C)c1. The minimum absolute atomic E-state index is 0.184. The number of hydrogen-bond acceptors (Lipinski definition) is 3. The summed E-state index contributed by atoms with van der Waals surface area (Å²) in [5.74, 6) is 0. The fraction of sp³-hybridized carbons (Fsp3) is 0.133. The van der Waals surface area contributed by atoms with Gasteiger partial charge in [-0.15, -0.1) is 0 Å². The van der Waals surface area contributed by atoms with Crippen molar-refractivity contribution in [3.05, 3.63) is 59.2 Å². The van der Waals surface area contributed by atoms with E-state index in [-0.39, 0.29) is 9.88 Å². The Labute approximate surface area is 130 Å². The molecular formula is C15H16N2O2S2. The largest absolute Gasteiger partial charge is 0.389 e. The van der Waals surface area contributed by atoms with Gasteiger partial charge in [0.1, 0.15) is 4.99 Å². The van der Waals surface area contributed by atoms with Gasteiger partial charge in [-0.05, 0) is 43.2 Å². The summed E-state index contributed by atoms with van der Waals surface area (Å²) in [6.07, 6.45) is 0. The van der Waals surface area contributed by atoms with Crippen molar-refractivity contribution in [3.8, 4) is 0 Å². The van der Waals surface area contributed by atoms with Gasteiger partial charge in [0.2, 0.25) is 0 Å². The highest BCUT2D eigenvalue weighted by molar-refractivity contribution is 7.92. The van der Waals surface area contributed by atoms with E-state index in [1.54, 1.807) is 31.2 Å². The second-order valence-electron chi connectivity index (χ2n) is 4.76. The van der Waals surface area contributed by atoms with Crippen LogP contribution in [0.4, 0.5) is 5.69 Å². The monoisotopic (exact) mass is 320 g/mol. The molecule has 2 rings (SSSR count). The molecule has 0 bridgehead atoms. The molecule has 0 amide bonds. The van der Waals surface area contributed by atoms with E-state index in [0.29, 0.717) is 11.3 Å². The number of aryl methyl sites for hydroxylation is 2. The molecule has 2 aromatic rings. The lowest BCUT2D eigenvalue weighted by Crippen LogP contribution is -2.16. The van der Waals surface area contributed by atoms with E-state index in [1.165, 1.54) is 6.07 Å². The van der Waals surface area contributed by atoms with E-state index < -0.39 is 10.0 Å². The van der Waals surface area contributed by atoms with Crippen molar-refractivity contribution in [1.29, 1.82) is 0 Å². The molecular weight excluding hydrogens is 304 g/mol. The second kappa shape index (κ2) is 5.83. The van der Waals surface area contributed by atoms with Gasteiger partial charge in [-0.2, -0.15) is 0 Å². The molecule has 0 aromatic heterocycles. The van der Waals surface area contributed by atoms with Crippen molar-refractivity contribution in [3.63, 3.8) is 0 Å². The van der Waals surface area contributed by atoms with Gasteiger partial charge >= 0.3 is 0 Å². The Kier molecular flexibility index (Phi) is 4.29. The van der Waals surface area contributed by atoms with Crippen LogP contribution in [0.5, 0.6) is 0 Å². The Morgan fingerprint density at radius 1 is 1.10 bits per heavy atom. The summed E-state index contributed by atoms with van der Waals surface area (Å²) in [7, 11) is -3.63. The van der Waals surface area contributed by atoms with Crippen molar-refractivity contribution in [2.45, 2.75) is 18.7 Å². The van der Waals surface area contributed by atoms with E-state index in [1.807, 2.05) is 19.1 Å². The van der Waals surface area contributed by atoms with Crippen molar-refractivity contribution >= 4 is 32.9 Å². The van der Waals surface area contributed by atoms with E-state index in [2.05, 4.69) is 4.72 Å².